The van der Waals surface area contributed by atoms with Crippen molar-refractivity contribution in [2.24, 2.45) is 0 Å². The molecular weight excluding hydrogens is 256 g/mol. The summed E-state index contributed by atoms with van der Waals surface area (Å²) in [6.07, 6.45) is 1.61. The molecule has 2 amide bonds. The first-order valence-corrected chi connectivity index (χ1v) is 6.43. The summed E-state index contributed by atoms with van der Waals surface area (Å²) < 4.78 is 0. The van der Waals surface area contributed by atoms with Gasteiger partial charge in [0.1, 0.15) is 0 Å². The molecule has 1 aromatic carbocycles. The number of nitrogens with one attached hydrogen (secondary N) is 1. The van der Waals surface area contributed by atoms with E-state index in [0.717, 1.165) is 0 Å². The lowest BCUT2D eigenvalue weighted by Gasteiger charge is -2.27. The van der Waals surface area contributed by atoms with Crippen molar-refractivity contribution in [2.75, 3.05) is 6.54 Å². The monoisotopic (exact) mass is 276 g/mol. The summed E-state index contributed by atoms with van der Waals surface area (Å²) in [6.45, 7) is 7.69. The van der Waals surface area contributed by atoms with Crippen molar-refractivity contribution in [3.05, 3.63) is 48.6 Å². The fraction of sp³-hybridized carbons (Fsp3) is 0.333. The number of hydrogen-bond acceptors (Lipinski definition) is 2. The summed E-state index contributed by atoms with van der Waals surface area (Å²) in [5.41, 5.74) is 0.538. The Bertz CT molecular complexity index is 471. The molecule has 0 fully saturated rings. The third-order valence-corrected chi connectivity index (χ3v) is 2.86. The van der Waals surface area contributed by atoms with Gasteiger partial charge in [-0.05, 0) is 19.4 Å². The molecule has 2 N–H and O–H groups in total. The molecule has 0 aliphatic carbocycles. The second-order valence-corrected chi connectivity index (χ2v) is 4.67. The van der Waals surface area contributed by atoms with Gasteiger partial charge in [-0.15, -0.1) is 6.58 Å². The van der Waals surface area contributed by atoms with Crippen molar-refractivity contribution in [2.45, 2.75) is 25.9 Å². The third kappa shape index (κ3) is 4.12. The van der Waals surface area contributed by atoms with Gasteiger partial charge in [-0.25, -0.2) is 9.59 Å². The molecule has 0 saturated carbocycles. The predicted molar refractivity (Wildman–Crippen MR) is 77.4 cm³/mol. The van der Waals surface area contributed by atoms with Gasteiger partial charge in [0.15, 0.2) is 6.04 Å². The normalized spacial score (nSPS) is 11.8. The fourth-order valence-electron chi connectivity index (χ4n) is 1.81. The number of carboxylic acid groups (broad SMARTS) is 1. The Balaban J connectivity index is 2.88. The maximum atomic E-state index is 12.2. The van der Waals surface area contributed by atoms with Gasteiger partial charge in [-0.2, -0.15) is 0 Å². The van der Waals surface area contributed by atoms with E-state index in [4.69, 9.17) is 0 Å². The minimum absolute atomic E-state index is 0.0433. The van der Waals surface area contributed by atoms with Crippen LogP contribution < -0.4 is 5.32 Å². The molecule has 1 aromatic rings. The van der Waals surface area contributed by atoms with E-state index in [1.165, 1.54) is 4.90 Å². The Morgan fingerprint density at radius 1 is 1.35 bits per heavy atom. The highest BCUT2D eigenvalue weighted by Crippen LogP contribution is 2.13. The molecule has 0 unspecified atom stereocenters. The quantitative estimate of drug-likeness (QED) is 0.784. The molecule has 5 heteroatoms. The lowest BCUT2D eigenvalue weighted by atomic mass is 10.1. The number of nitrogens with zero attached hydrogens (tertiary/aromatic N) is 1. The number of benzene rings is 1. The maximum Gasteiger partial charge on any atom is 0.330 e. The molecule has 0 spiro atoms. The molecule has 0 aliphatic heterocycles. The van der Waals surface area contributed by atoms with Gasteiger partial charge in [0, 0.05) is 12.6 Å². The van der Waals surface area contributed by atoms with Crippen LogP contribution in [0, 0.1) is 0 Å². The number of carbonyl (C=O) groups excluding carboxylic acids is 1. The van der Waals surface area contributed by atoms with E-state index in [-0.39, 0.29) is 6.04 Å². The zero-order valence-electron chi connectivity index (χ0n) is 11.7. The zero-order valence-corrected chi connectivity index (χ0v) is 11.7. The summed E-state index contributed by atoms with van der Waals surface area (Å²) in [6, 6.07) is 7.09. The SMILES string of the molecule is C=CCN(C(=O)N[C@@H](C(=O)O)c1ccccc1)C(C)C. The number of carboxylic acids is 1. The topological polar surface area (TPSA) is 69.6 Å². The Morgan fingerprint density at radius 2 is 1.95 bits per heavy atom. The number of carbonyl (C=O) groups is 2. The number of urea groups is 1. The van der Waals surface area contributed by atoms with Crippen LogP contribution in [0.2, 0.25) is 0 Å². The summed E-state index contributed by atoms with van der Waals surface area (Å²) >= 11 is 0. The van der Waals surface area contributed by atoms with E-state index in [9.17, 15) is 14.7 Å². The minimum atomic E-state index is -1.09. The Morgan fingerprint density at radius 3 is 2.40 bits per heavy atom. The van der Waals surface area contributed by atoms with Crippen molar-refractivity contribution in [3.63, 3.8) is 0 Å². The number of amides is 2. The van der Waals surface area contributed by atoms with Gasteiger partial charge in [0.25, 0.3) is 0 Å². The molecule has 0 radical (unpaired) electrons. The molecule has 0 bridgehead atoms. The molecule has 108 valence electrons. The van der Waals surface area contributed by atoms with Crippen molar-refractivity contribution in [1.29, 1.82) is 0 Å². The molecule has 1 atom stereocenters. The van der Waals surface area contributed by atoms with E-state index in [0.29, 0.717) is 12.1 Å². The number of aliphatic carboxylic acids is 1. The highest BCUT2D eigenvalue weighted by molar-refractivity contribution is 5.83. The number of rotatable bonds is 6. The van der Waals surface area contributed by atoms with E-state index in [2.05, 4.69) is 11.9 Å². The first-order valence-electron chi connectivity index (χ1n) is 6.43. The summed E-state index contributed by atoms with van der Waals surface area (Å²) in [5.74, 6) is -1.09. The van der Waals surface area contributed by atoms with Crippen LogP contribution in [0.1, 0.15) is 25.5 Å². The van der Waals surface area contributed by atoms with Gasteiger partial charge >= 0.3 is 12.0 Å². The van der Waals surface area contributed by atoms with Crippen LogP contribution in [0.3, 0.4) is 0 Å². The molecule has 20 heavy (non-hydrogen) atoms. The zero-order chi connectivity index (χ0) is 15.1. The average molecular weight is 276 g/mol. The van der Waals surface area contributed by atoms with Crippen molar-refractivity contribution in [3.8, 4) is 0 Å². The molecule has 0 heterocycles. The van der Waals surface area contributed by atoms with Crippen LogP contribution in [0.25, 0.3) is 0 Å². The largest absolute Gasteiger partial charge is 0.479 e. The summed E-state index contributed by atoms with van der Waals surface area (Å²) in [5, 5.41) is 11.8. The standard InChI is InChI=1S/C15H20N2O3/c1-4-10-17(11(2)3)15(20)16-13(14(18)19)12-8-6-5-7-9-12/h4-9,11,13H,1,10H2,2-3H3,(H,16,20)(H,18,19)/t13-/m1/s1. The molecule has 0 aliphatic rings. The van der Waals surface area contributed by atoms with Gasteiger partial charge in [-0.1, -0.05) is 36.4 Å². The third-order valence-electron chi connectivity index (χ3n) is 2.86. The van der Waals surface area contributed by atoms with Gasteiger partial charge in [0.05, 0.1) is 0 Å². The summed E-state index contributed by atoms with van der Waals surface area (Å²) in [4.78, 5) is 25.0. The molecule has 1 rings (SSSR count). The Labute approximate surface area is 118 Å². The first kappa shape index (κ1) is 15.8. The van der Waals surface area contributed by atoms with Crippen LogP contribution in [0.4, 0.5) is 4.79 Å². The molecule has 0 aromatic heterocycles. The smallest absolute Gasteiger partial charge is 0.330 e. The average Bonchev–Trinajstić information content (AvgIpc) is 2.42. The lowest BCUT2D eigenvalue weighted by Crippen LogP contribution is -2.46. The van der Waals surface area contributed by atoms with Gasteiger partial charge in [0.2, 0.25) is 0 Å². The van der Waals surface area contributed by atoms with E-state index in [1.54, 1.807) is 36.4 Å². The lowest BCUT2D eigenvalue weighted by molar-refractivity contribution is -0.139. The number of hydrogen-bond donors (Lipinski definition) is 2. The van der Waals surface area contributed by atoms with E-state index >= 15 is 0 Å². The van der Waals surface area contributed by atoms with Gasteiger partial charge in [-0.3, -0.25) is 0 Å². The Kier molecular flexibility index (Phi) is 5.77. The van der Waals surface area contributed by atoms with Crippen molar-refractivity contribution < 1.29 is 14.7 Å². The maximum absolute atomic E-state index is 12.2. The fourth-order valence-corrected chi connectivity index (χ4v) is 1.81. The van der Waals surface area contributed by atoms with Crippen LogP contribution >= 0.6 is 0 Å². The highest BCUT2D eigenvalue weighted by Gasteiger charge is 2.25. The van der Waals surface area contributed by atoms with E-state index < -0.39 is 18.0 Å². The highest BCUT2D eigenvalue weighted by atomic mass is 16.4. The molecular formula is C15H20N2O3. The predicted octanol–water partition coefficient (Wildman–Crippen LogP) is 2.42. The van der Waals surface area contributed by atoms with E-state index in [1.807, 2.05) is 13.8 Å². The van der Waals surface area contributed by atoms with Crippen molar-refractivity contribution in [1.82, 2.24) is 10.2 Å². The molecule has 5 nitrogen and oxygen atoms in total. The van der Waals surface area contributed by atoms with Crippen LogP contribution in [0.15, 0.2) is 43.0 Å². The minimum Gasteiger partial charge on any atom is -0.479 e. The molecule has 0 saturated heterocycles. The second kappa shape index (κ2) is 7.33. The van der Waals surface area contributed by atoms with Crippen LogP contribution in [0.5, 0.6) is 0 Å². The first-order chi connectivity index (χ1) is 9.47. The second-order valence-electron chi connectivity index (χ2n) is 4.67. The van der Waals surface area contributed by atoms with Gasteiger partial charge < -0.3 is 15.3 Å². The van der Waals surface area contributed by atoms with Crippen molar-refractivity contribution >= 4 is 12.0 Å². The summed E-state index contributed by atoms with van der Waals surface area (Å²) in [7, 11) is 0. The van der Waals surface area contributed by atoms with Crippen LogP contribution in [-0.4, -0.2) is 34.6 Å². The van der Waals surface area contributed by atoms with Crippen LogP contribution in [-0.2, 0) is 4.79 Å². The Hall–Kier alpha value is -2.30.